The first kappa shape index (κ1) is 17.9. The fraction of sp³-hybridized carbons (Fsp3) is 0.588. The number of benzene rings is 1. The van der Waals surface area contributed by atoms with E-state index in [1.807, 2.05) is 19.9 Å². The highest BCUT2D eigenvalue weighted by molar-refractivity contribution is 7.89. The first-order chi connectivity index (χ1) is 10.9. The van der Waals surface area contributed by atoms with E-state index >= 15 is 0 Å². The molecule has 5 nitrogen and oxygen atoms in total. The molecule has 1 atom stereocenters. The van der Waals surface area contributed by atoms with Crippen molar-refractivity contribution in [1.29, 1.82) is 0 Å². The van der Waals surface area contributed by atoms with Crippen LogP contribution < -0.4 is 5.32 Å². The number of nitrogens with one attached hydrogen (secondary N) is 1. The molecule has 1 aromatic carbocycles. The second kappa shape index (κ2) is 7.93. The maximum absolute atomic E-state index is 12.5. The van der Waals surface area contributed by atoms with Crippen LogP contribution in [-0.4, -0.2) is 38.3 Å². The van der Waals surface area contributed by atoms with E-state index in [1.165, 1.54) is 0 Å². The Labute approximate surface area is 139 Å². The zero-order chi connectivity index (χ0) is 16.9. The summed E-state index contributed by atoms with van der Waals surface area (Å²) in [6, 6.07) is 8.56. The van der Waals surface area contributed by atoms with Crippen LogP contribution in [0.3, 0.4) is 0 Å². The summed E-state index contributed by atoms with van der Waals surface area (Å²) >= 11 is 0. The third-order valence-electron chi connectivity index (χ3n) is 4.58. The van der Waals surface area contributed by atoms with Crippen molar-refractivity contribution >= 4 is 15.9 Å². The molecule has 0 radical (unpaired) electrons. The van der Waals surface area contributed by atoms with Crippen molar-refractivity contribution in [3.8, 4) is 0 Å². The second-order valence-corrected chi connectivity index (χ2v) is 8.15. The molecule has 0 saturated carbocycles. The van der Waals surface area contributed by atoms with Crippen molar-refractivity contribution in [2.24, 2.45) is 11.8 Å². The van der Waals surface area contributed by atoms with E-state index in [9.17, 15) is 13.2 Å². The van der Waals surface area contributed by atoms with Crippen LogP contribution in [-0.2, 0) is 14.8 Å². The Morgan fingerprint density at radius 3 is 2.43 bits per heavy atom. The van der Waals surface area contributed by atoms with Crippen LogP contribution in [0.4, 0.5) is 0 Å². The Balaban J connectivity index is 1.86. The van der Waals surface area contributed by atoms with Gasteiger partial charge in [0.25, 0.3) is 0 Å². The van der Waals surface area contributed by atoms with Gasteiger partial charge in [0.1, 0.15) is 0 Å². The number of carbonyl (C=O) groups excluding carboxylic acids is 1. The first-order valence-electron chi connectivity index (χ1n) is 8.28. The summed E-state index contributed by atoms with van der Waals surface area (Å²) in [7, 11) is -3.39. The molecule has 6 heteroatoms. The normalized spacial score (nSPS) is 18.5. The summed E-state index contributed by atoms with van der Waals surface area (Å²) in [5.41, 5.74) is 0. The molecule has 1 saturated heterocycles. The lowest BCUT2D eigenvalue weighted by molar-refractivity contribution is -0.124. The second-order valence-electron chi connectivity index (χ2n) is 6.21. The molecule has 128 valence electrons. The molecular weight excluding hydrogens is 312 g/mol. The molecule has 23 heavy (non-hydrogen) atoms. The molecule has 0 spiro atoms. The average Bonchev–Trinajstić information content (AvgIpc) is 2.60. The number of sulfonamides is 1. The predicted molar refractivity (Wildman–Crippen MR) is 90.4 cm³/mol. The number of hydrogen-bond acceptors (Lipinski definition) is 3. The fourth-order valence-electron chi connectivity index (χ4n) is 2.70. The lowest BCUT2D eigenvalue weighted by atomic mass is 9.98. The molecule has 1 amide bonds. The number of amides is 1. The van der Waals surface area contributed by atoms with Gasteiger partial charge < -0.3 is 5.32 Å². The van der Waals surface area contributed by atoms with Crippen molar-refractivity contribution in [2.75, 3.05) is 19.6 Å². The largest absolute Gasteiger partial charge is 0.356 e. The maximum Gasteiger partial charge on any atom is 0.243 e. The van der Waals surface area contributed by atoms with E-state index in [4.69, 9.17) is 0 Å². The van der Waals surface area contributed by atoms with Crippen molar-refractivity contribution in [2.45, 2.75) is 38.0 Å². The van der Waals surface area contributed by atoms with E-state index < -0.39 is 10.0 Å². The van der Waals surface area contributed by atoms with Crippen LogP contribution in [0.15, 0.2) is 35.2 Å². The van der Waals surface area contributed by atoms with Crippen molar-refractivity contribution in [1.82, 2.24) is 9.62 Å². The molecule has 2 rings (SSSR count). The zero-order valence-corrected chi connectivity index (χ0v) is 14.7. The fourth-order valence-corrected chi connectivity index (χ4v) is 4.19. The molecule has 1 heterocycles. The Bertz CT molecular complexity index is 608. The summed E-state index contributed by atoms with van der Waals surface area (Å²) in [5, 5.41) is 2.98. The molecule has 1 aromatic rings. The van der Waals surface area contributed by atoms with Gasteiger partial charge in [0.05, 0.1) is 4.90 Å². The Morgan fingerprint density at radius 2 is 1.87 bits per heavy atom. The van der Waals surface area contributed by atoms with Gasteiger partial charge in [-0.05, 0) is 37.3 Å². The van der Waals surface area contributed by atoms with Gasteiger partial charge in [0.15, 0.2) is 0 Å². The van der Waals surface area contributed by atoms with Gasteiger partial charge >= 0.3 is 0 Å². The number of nitrogens with zero attached hydrogens (tertiary/aromatic N) is 1. The summed E-state index contributed by atoms with van der Waals surface area (Å²) in [6.45, 7) is 5.59. The number of hydrogen-bond donors (Lipinski definition) is 1. The van der Waals surface area contributed by atoms with Crippen LogP contribution in [0.5, 0.6) is 0 Å². The van der Waals surface area contributed by atoms with Crippen molar-refractivity contribution in [3.05, 3.63) is 30.3 Å². The summed E-state index contributed by atoms with van der Waals surface area (Å²) in [4.78, 5) is 12.2. The summed E-state index contributed by atoms with van der Waals surface area (Å²) < 4.78 is 26.6. The lowest BCUT2D eigenvalue weighted by Gasteiger charge is -2.31. The van der Waals surface area contributed by atoms with Gasteiger partial charge in [0, 0.05) is 25.6 Å². The minimum Gasteiger partial charge on any atom is -0.356 e. The van der Waals surface area contributed by atoms with Crippen molar-refractivity contribution < 1.29 is 13.2 Å². The number of piperidine rings is 1. The van der Waals surface area contributed by atoms with Crippen LogP contribution in [0.25, 0.3) is 0 Å². The highest BCUT2D eigenvalue weighted by Crippen LogP contribution is 2.23. The van der Waals surface area contributed by atoms with E-state index in [0.29, 0.717) is 30.4 Å². The van der Waals surface area contributed by atoms with E-state index in [-0.39, 0.29) is 11.8 Å². The minimum atomic E-state index is -3.39. The van der Waals surface area contributed by atoms with Gasteiger partial charge in [-0.3, -0.25) is 4.79 Å². The Hall–Kier alpha value is -1.40. The van der Waals surface area contributed by atoms with Gasteiger partial charge in [-0.2, -0.15) is 4.31 Å². The first-order valence-corrected chi connectivity index (χ1v) is 9.72. The molecule has 0 aliphatic carbocycles. The third-order valence-corrected chi connectivity index (χ3v) is 6.49. The zero-order valence-electron chi connectivity index (χ0n) is 13.9. The third kappa shape index (κ3) is 4.54. The molecular formula is C17H26N2O3S. The molecule has 1 unspecified atom stereocenters. The standard InChI is InChI=1S/C17H26N2O3S/c1-3-14(2)17(20)18-13-15-9-11-19(12-10-15)23(21,22)16-7-5-4-6-8-16/h4-8,14-15H,3,9-13H2,1-2H3,(H,18,20). The molecule has 0 aromatic heterocycles. The Kier molecular flexibility index (Phi) is 6.18. The van der Waals surface area contributed by atoms with Gasteiger partial charge in [-0.25, -0.2) is 8.42 Å². The minimum absolute atomic E-state index is 0.0357. The Morgan fingerprint density at radius 1 is 1.26 bits per heavy atom. The molecule has 1 fully saturated rings. The summed E-state index contributed by atoms with van der Waals surface area (Å²) in [6.07, 6.45) is 2.40. The van der Waals surface area contributed by atoms with E-state index in [0.717, 1.165) is 19.3 Å². The highest BCUT2D eigenvalue weighted by atomic mass is 32.2. The van der Waals surface area contributed by atoms with E-state index in [2.05, 4.69) is 5.32 Å². The molecule has 1 aliphatic heterocycles. The van der Waals surface area contributed by atoms with Crippen LogP contribution >= 0.6 is 0 Å². The maximum atomic E-state index is 12.5. The lowest BCUT2D eigenvalue weighted by Crippen LogP contribution is -2.42. The SMILES string of the molecule is CCC(C)C(=O)NCC1CCN(S(=O)(=O)c2ccccc2)CC1. The van der Waals surface area contributed by atoms with Gasteiger partial charge in [-0.15, -0.1) is 0 Å². The topological polar surface area (TPSA) is 66.5 Å². The van der Waals surface area contributed by atoms with Crippen LogP contribution in [0, 0.1) is 11.8 Å². The van der Waals surface area contributed by atoms with Crippen LogP contribution in [0.2, 0.25) is 0 Å². The molecule has 1 N–H and O–H groups in total. The predicted octanol–water partition coefficient (Wildman–Crippen LogP) is 2.25. The quantitative estimate of drug-likeness (QED) is 0.865. The monoisotopic (exact) mass is 338 g/mol. The van der Waals surface area contributed by atoms with Gasteiger partial charge in [0.2, 0.25) is 15.9 Å². The smallest absolute Gasteiger partial charge is 0.243 e. The van der Waals surface area contributed by atoms with Crippen LogP contribution in [0.1, 0.15) is 33.1 Å². The highest BCUT2D eigenvalue weighted by Gasteiger charge is 2.29. The van der Waals surface area contributed by atoms with Gasteiger partial charge in [-0.1, -0.05) is 32.0 Å². The van der Waals surface area contributed by atoms with Crippen molar-refractivity contribution in [3.63, 3.8) is 0 Å². The van der Waals surface area contributed by atoms with E-state index in [1.54, 1.807) is 28.6 Å². The number of carbonyl (C=O) groups is 1. The number of rotatable bonds is 6. The summed E-state index contributed by atoms with van der Waals surface area (Å²) in [5.74, 6) is 0.477. The molecule has 0 bridgehead atoms. The average molecular weight is 338 g/mol. The molecule has 1 aliphatic rings.